The first-order valence-electron chi connectivity index (χ1n) is 12.1. The topological polar surface area (TPSA) is 97.6 Å². The normalized spacial score (nSPS) is 18.9. The molecule has 0 bridgehead atoms. The maximum absolute atomic E-state index is 12.9. The van der Waals surface area contributed by atoms with E-state index < -0.39 is 9.84 Å². The highest BCUT2D eigenvalue weighted by atomic mass is 32.2. The van der Waals surface area contributed by atoms with Crippen LogP contribution in [0.1, 0.15) is 11.1 Å². The summed E-state index contributed by atoms with van der Waals surface area (Å²) < 4.78 is 31.2. The van der Waals surface area contributed by atoms with E-state index in [1.165, 1.54) is 5.56 Å². The molecule has 2 aliphatic heterocycles. The van der Waals surface area contributed by atoms with Crippen LogP contribution < -0.4 is 16.0 Å². The summed E-state index contributed by atoms with van der Waals surface area (Å²) in [5, 5.41) is 4.71. The summed E-state index contributed by atoms with van der Waals surface area (Å²) in [6.07, 6.45) is 0. The summed E-state index contributed by atoms with van der Waals surface area (Å²) in [6, 6.07) is 15.7. The number of anilines is 2. The molecule has 0 spiro atoms. The van der Waals surface area contributed by atoms with Crippen LogP contribution in [0.15, 0.2) is 53.4 Å². The minimum atomic E-state index is -3.34. The van der Waals surface area contributed by atoms with Gasteiger partial charge in [-0.05, 0) is 23.8 Å². The Hall–Kier alpha value is -2.49. The van der Waals surface area contributed by atoms with Gasteiger partial charge in [-0.1, -0.05) is 34.9 Å². The molecular formula is C24H31B3N4O3S. The Morgan fingerprint density at radius 2 is 1.91 bits per heavy atom. The quantitative estimate of drug-likeness (QED) is 0.449. The molecule has 0 unspecified atom stereocenters. The predicted molar refractivity (Wildman–Crippen MR) is 149 cm³/mol. The monoisotopic (exact) mass is 488 g/mol. The number of nitrogens with one attached hydrogen (secondary N) is 1. The molecular weight excluding hydrogens is 457 g/mol. The van der Waals surface area contributed by atoms with Gasteiger partial charge >= 0.3 is 0 Å². The third-order valence-corrected chi connectivity index (χ3v) is 8.98. The lowest BCUT2D eigenvalue weighted by atomic mass is 9.40. The highest BCUT2D eigenvalue weighted by Crippen LogP contribution is 2.34. The van der Waals surface area contributed by atoms with E-state index >= 15 is 0 Å². The van der Waals surface area contributed by atoms with Gasteiger partial charge in [0, 0.05) is 48.7 Å². The van der Waals surface area contributed by atoms with Crippen LogP contribution in [0, 0.1) is 5.41 Å². The Morgan fingerprint density at radius 3 is 2.60 bits per heavy atom. The van der Waals surface area contributed by atoms with E-state index in [9.17, 15) is 8.42 Å². The average Bonchev–Trinajstić information content (AvgIpc) is 2.93. The van der Waals surface area contributed by atoms with Gasteiger partial charge in [0.1, 0.15) is 5.82 Å². The number of hydrogen-bond acceptors (Lipinski definition) is 7. The van der Waals surface area contributed by atoms with E-state index in [-0.39, 0.29) is 16.3 Å². The maximum Gasteiger partial charge on any atom is 0.180 e. The van der Waals surface area contributed by atoms with Crippen molar-refractivity contribution in [1.82, 2.24) is 4.98 Å². The van der Waals surface area contributed by atoms with Gasteiger partial charge in [-0.15, -0.1) is 0 Å². The Bertz CT molecular complexity index is 1370. The van der Waals surface area contributed by atoms with Crippen molar-refractivity contribution in [1.29, 1.82) is 0 Å². The van der Waals surface area contributed by atoms with Crippen molar-refractivity contribution >= 4 is 55.8 Å². The molecule has 3 aromatic rings. The number of rotatable bonds is 6. The van der Waals surface area contributed by atoms with Crippen molar-refractivity contribution in [3.05, 3.63) is 59.7 Å². The third kappa shape index (κ3) is 4.69. The minimum Gasteiger partial charge on any atom is -0.384 e. The molecule has 3 heterocycles. The third-order valence-electron chi connectivity index (χ3n) is 7.19. The maximum atomic E-state index is 12.9. The number of pyridine rings is 1. The Kier molecular flexibility index (Phi) is 6.14. The van der Waals surface area contributed by atoms with Crippen LogP contribution in [-0.2, 0) is 26.2 Å². The number of fused-ring (bicyclic) bond motifs is 2. The first-order valence-corrected chi connectivity index (χ1v) is 13.8. The molecule has 5 rings (SSSR count). The second kappa shape index (κ2) is 8.87. The first-order chi connectivity index (χ1) is 16.6. The highest BCUT2D eigenvalue weighted by molar-refractivity contribution is 7.91. The SMILES string of the molecule is BC(B)(B)c1ccc2nc(N3CCS(=O)(=O)c4ccccc4C3)cc(NCC3(CN)COC3)c2c1. The van der Waals surface area contributed by atoms with Gasteiger partial charge in [0.25, 0.3) is 0 Å². The molecule has 0 amide bonds. The van der Waals surface area contributed by atoms with E-state index in [0.717, 1.165) is 28.0 Å². The van der Waals surface area contributed by atoms with Crippen molar-refractivity contribution in [2.24, 2.45) is 11.1 Å². The van der Waals surface area contributed by atoms with E-state index in [0.29, 0.717) is 44.3 Å². The Morgan fingerprint density at radius 1 is 1.14 bits per heavy atom. The molecule has 0 saturated carbocycles. The largest absolute Gasteiger partial charge is 0.384 e. The molecule has 7 nitrogen and oxygen atoms in total. The Labute approximate surface area is 210 Å². The number of sulfone groups is 1. The number of ether oxygens (including phenoxy) is 1. The van der Waals surface area contributed by atoms with Crippen LogP contribution in [0.4, 0.5) is 11.5 Å². The van der Waals surface area contributed by atoms with Gasteiger partial charge in [-0.25, -0.2) is 13.4 Å². The van der Waals surface area contributed by atoms with Crippen molar-refractivity contribution in [2.75, 3.05) is 48.8 Å². The van der Waals surface area contributed by atoms with Gasteiger partial charge in [0.05, 0.1) is 52.9 Å². The van der Waals surface area contributed by atoms with Crippen molar-refractivity contribution < 1.29 is 13.2 Å². The standard InChI is InChI=1S/C24H31B3N4O3S/c25-24(26,27)17-5-6-19-18(9-17)20(29-13-23(12-28)14-34-15-23)10-22(30-19)31-7-8-35(32,33)21-4-2-1-3-16(21)11-31/h1-6,9-10H,7-8,11-15,25-28H2,(H,29,30). The van der Waals surface area contributed by atoms with Crippen molar-refractivity contribution in [3.8, 4) is 0 Å². The van der Waals surface area contributed by atoms with Gasteiger partial charge < -0.3 is 20.7 Å². The van der Waals surface area contributed by atoms with E-state index in [1.807, 2.05) is 12.1 Å². The second-order valence-electron chi connectivity index (χ2n) is 10.9. The summed E-state index contributed by atoms with van der Waals surface area (Å²) in [6.45, 7) is 3.45. The summed E-state index contributed by atoms with van der Waals surface area (Å²) >= 11 is 0. The van der Waals surface area contributed by atoms with Crippen LogP contribution >= 0.6 is 0 Å². The van der Waals surface area contributed by atoms with Crippen LogP contribution in [0.25, 0.3) is 10.9 Å². The van der Waals surface area contributed by atoms with Gasteiger partial charge in [0.2, 0.25) is 0 Å². The number of nitrogens with two attached hydrogens (primary N) is 1. The van der Waals surface area contributed by atoms with Crippen molar-refractivity contribution in [2.45, 2.75) is 16.6 Å². The predicted octanol–water partition coefficient (Wildman–Crippen LogP) is -0.574. The zero-order chi connectivity index (χ0) is 24.8. The molecule has 35 heavy (non-hydrogen) atoms. The molecule has 0 radical (unpaired) electrons. The van der Waals surface area contributed by atoms with E-state index in [1.54, 1.807) is 12.1 Å². The number of aromatic nitrogens is 1. The lowest BCUT2D eigenvalue weighted by Gasteiger charge is -2.40. The van der Waals surface area contributed by atoms with Crippen LogP contribution in [-0.4, -0.2) is 75.5 Å². The molecule has 2 aromatic carbocycles. The molecule has 2 aliphatic rings. The second-order valence-corrected chi connectivity index (χ2v) is 13.0. The summed E-state index contributed by atoms with van der Waals surface area (Å²) in [5.41, 5.74) is 9.90. The Balaban J connectivity index is 1.57. The fraction of sp³-hybridized carbons (Fsp3) is 0.375. The van der Waals surface area contributed by atoms with Gasteiger partial charge in [-0.3, -0.25) is 0 Å². The fourth-order valence-corrected chi connectivity index (χ4v) is 6.21. The summed E-state index contributed by atoms with van der Waals surface area (Å²) in [7, 11) is 3.27. The smallest absolute Gasteiger partial charge is 0.180 e. The molecule has 11 heteroatoms. The first kappa shape index (κ1) is 24.2. The number of hydrogen-bond donors (Lipinski definition) is 2. The highest BCUT2D eigenvalue weighted by Gasteiger charge is 2.37. The molecule has 1 aromatic heterocycles. The van der Waals surface area contributed by atoms with Crippen LogP contribution in [0.3, 0.4) is 0 Å². The molecule has 0 atom stereocenters. The molecule has 3 N–H and O–H groups in total. The summed E-state index contributed by atoms with van der Waals surface area (Å²) in [4.78, 5) is 7.47. The van der Waals surface area contributed by atoms with Gasteiger partial charge in [-0.2, -0.15) is 0 Å². The van der Waals surface area contributed by atoms with Crippen LogP contribution in [0.5, 0.6) is 0 Å². The number of nitrogens with zero attached hydrogens (tertiary/aromatic N) is 2. The minimum absolute atomic E-state index is 0.00722. The molecule has 1 fully saturated rings. The molecule has 180 valence electrons. The fourth-order valence-electron chi connectivity index (χ4n) is 4.71. The van der Waals surface area contributed by atoms with Crippen molar-refractivity contribution in [3.63, 3.8) is 0 Å². The lowest BCUT2D eigenvalue weighted by molar-refractivity contribution is -0.0979. The average molecular weight is 488 g/mol. The number of benzene rings is 2. The zero-order valence-corrected chi connectivity index (χ0v) is 21.5. The molecule has 1 saturated heterocycles. The van der Waals surface area contributed by atoms with Gasteiger partial charge in [0.15, 0.2) is 9.84 Å². The van der Waals surface area contributed by atoms with E-state index in [4.69, 9.17) is 15.5 Å². The van der Waals surface area contributed by atoms with E-state index in [2.05, 4.69) is 58.0 Å². The summed E-state index contributed by atoms with van der Waals surface area (Å²) in [5.74, 6) is 0.824. The molecule has 0 aliphatic carbocycles. The van der Waals surface area contributed by atoms with Crippen LogP contribution in [0.2, 0.25) is 0 Å². The lowest BCUT2D eigenvalue weighted by Crippen LogP contribution is -2.52. The zero-order valence-electron chi connectivity index (χ0n) is 20.7.